The summed E-state index contributed by atoms with van der Waals surface area (Å²) < 4.78 is 7.59. The smallest absolute Gasteiger partial charge is 0.267 e. The summed E-state index contributed by atoms with van der Waals surface area (Å²) in [6.45, 7) is 2.33. The zero-order valence-electron chi connectivity index (χ0n) is 15.7. The van der Waals surface area contributed by atoms with E-state index in [-0.39, 0.29) is 5.91 Å². The van der Waals surface area contributed by atoms with Crippen molar-refractivity contribution < 1.29 is 9.53 Å². The van der Waals surface area contributed by atoms with Gasteiger partial charge in [-0.2, -0.15) is 5.10 Å². The number of anilines is 1. The van der Waals surface area contributed by atoms with Gasteiger partial charge in [0.15, 0.2) is 5.13 Å². The van der Waals surface area contributed by atoms with E-state index < -0.39 is 0 Å². The van der Waals surface area contributed by atoms with E-state index in [4.69, 9.17) is 16.3 Å². The van der Waals surface area contributed by atoms with Gasteiger partial charge in [-0.25, -0.2) is 4.98 Å². The molecule has 1 N–H and O–H groups in total. The van der Waals surface area contributed by atoms with E-state index in [1.165, 1.54) is 22.7 Å². The van der Waals surface area contributed by atoms with E-state index in [1.807, 2.05) is 49.0 Å². The molecular formula is C20H17ClN4O2S2. The van der Waals surface area contributed by atoms with Crippen LogP contribution in [0.15, 0.2) is 47.3 Å². The Kier molecular flexibility index (Phi) is 5.66. The Morgan fingerprint density at radius 2 is 2.10 bits per heavy atom. The number of aromatic nitrogens is 3. The van der Waals surface area contributed by atoms with Crippen LogP contribution in [0.4, 0.5) is 5.13 Å². The van der Waals surface area contributed by atoms with Crippen molar-refractivity contribution in [3.63, 3.8) is 0 Å². The zero-order valence-corrected chi connectivity index (χ0v) is 18.1. The van der Waals surface area contributed by atoms with E-state index in [0.717, 1.165) is 28.3 Å². The molecular weight excluding hydrogens is 428 g/mol. The van der Waals surface area contributed by atoms with E-state index in [2.05, 4.69) is 15.4 Å². The molecule has 4 rings (SSSR count). The quantitative estimate of drug-likeness (QED) is 0.432. The molecule has 0 radical (unpaired) electrons. The number of carbonyl (C=O) groups is 1. The van der Waals surface area contributed by atoms with Crippen LogP contribution in [-0.2, 0) is 13.7 Å². The highest BCUT2D eigenvalue weighted by molar-refractivity contribution is 7.14. The largest absolute Gasteiger partial charge is 0.489 e. The third-order valence-corrected chi connectivity index (χ3v) is 6.19. The molecule has 0 aliphatic rings. The summed E-state index contributed by atoms with van der Waals surface area (Å²) in [5.41, 5.74) is 3.58. The predicted molar refractivity (Wildman–Crippen MR) is 117 cm³/mol. The molecule has 4 aromatic rings. The number of hydrogen-bond donors (Lipinski definition) is 1. The minimum atomic E-state index is -0.185. The van der Waals surface area contributed by atoms with Gasteiger partial charge in [0, 0.05) is 29.2 Å². The van der Waals surface area contributed by atoms with Crippen molar-refractivity contribution in [1.29, 1.82) is 0 Å². The standard InChI is InChI=1S/C20H17ClN4O2S2/c1-12-7-14(21)3-4-17(12)27-9-13-8-18(28-10-13)19(26)24-20-23-15(11-29-20)16-5-6-22-25(16)2/h3-8,10-11H,9H2,1-2H3,(H,23,24,26). The number of hydrogen-bond acceptors (Lipinski definition) is 6. The average molecular weight is 445 g/mol. The summed E-state index contributed by atoms with van der Waals surface area (Å²) in [4.78, 5) is 17.6. The van der Waals surface area contributed by atoms with Gasteiger partial charge in [0.05, 0.1) is 10.6 Å². The Morgan fingerprint density at radius 1 is 1.24 bits per heavy atom. The van der Waals surface area contributed by atoms with Crippen molar-refractivity contribution in [3.8, 4) is 17.1 Å². The molecule has 0 aliphatic heterocycles. The molecule has 1 amide bonds. The Bertz CT molecular complexity index is 1160. The van der Waals surface area contributed by atoms with Gasteiger partial charge in [-0.05, 0) is 48.2 Å². The molecule has 0 saturated heterocycles. The third kappa shape index (κ3) is 4.50. The van der Waals surface area contributed by atoms with Crippen LogP contribution in [0.1, 0.15) is 20.8 Å². The Balaban J connectivity index is 1.38. The van der Waals surface area contributed by atoms with Crippen LogP contribution in [0.3, 0.4) is 0 Å². The van der Waals surface area contributed by atoms with Crippen LogP contribution in [0.2, 0.25) is 5.02 Å². The van der Waals surface area contributed by atoms with E-state index in [0.29, 0.717) is 21.6 Å². The minimum absolute atomic E-state index is 0.185. The molecule has 0 bridgehead atoms. The fourth-order valence-corrected chi connectivity index (χ4v) is 4.46. The molecule has 6 nitrogen and oxygen atoms in total. The van der Waals surface area contributed by atoms with Crippen LogP contribution in [0, 0.1) is 6.92 Å². The number of aryl methyl sites for hydroxylation is 2. The van der Waals surface area contributed by atoms with Crippen molar-refractivity contribution in [2.45, 2.75) is 13.5 Å². The average Bonchev–Trinajstić information content (AvgIpc) is 3.42. The number of halogens is 1. The summed E-state index contributed by atoms with van der Waals surface area (Å²) in [6, 6.07) is 9.22. The molecule has 3 heterocycles. The Hall–Kier alpha value is -2.68. The van der Waals surface area contributed by atoms with Crippen LogP contribution in [0.5, 0.6) is 5.75 Å². The molecule has 29 heavy (non-hydrogen) atoms. The number of carbonyl (C=O) groups excluding carboxylic acids is 1. The Morgan fingerprint density at radius 3 is 2.86 bits per heavy atom. The molecule has 1 aromatic carbocycles. The number of benzene rings is 1. The lowest BCUT2D eigenvalue weighted by molar-refractivity contribution is 0.103. The lowest BCUT2D eigenvalue weighted by Crippen LogP contribution is -2.10. The molecule has 0 fully saturated rings. The first kappa shape index (κ1) is 19.6. The normalized spacial score (nSPS) is 10.9. The fourth-order valence-electron chi connectivity index (χ4n) is 2.74. The van der Waals surface area contributed by atoms with Gasteiger partial charge in [-0.15, -0.1) is 22.7 Å². The molecule has 0 spiro atoms. The monoisotopic (exact) mass is 444 g/mol. The maximum atomic E-state index is 12.5. The summed E-state index contributed by atoms with van der Waals surface area (Å²) in [7, 11) is 1.85. The highest BCUT2D eigenvalue weighted by Crippen LogP contribution is 2.26. The third-order valence-electron chi connectivity index (χ3n) is 4.22. The van der Waals surface area contributed by atoms with Gasteiger partial charge in [-0.1, -0.05) is 11.6 Å². The van der Waals surface area contributed by atoms with Crippen LogP contribution in [0.25, 0.3) is 11.4 Å². The molecule has 0 atom stereocenters. The van der Waals surface area contributed by atoms with Gasteiger partial charge in [-0.3, -0.25) is 14.8 Å². The van der Waals surface area contributed by atoms with Crippen LogP contribution < -0.4 is 10.1 Å². The SMILES string of the molecule is Cc1cc(Cl)ccc1OCc1csc(C(=O)Nc2nc(-c3ccnn3C)cs2)c1. The van der Waals surface area contributed by atoms with Crippen molar-refractivity contribution in [1.82, 2.24) is 14.8 Å². The maximum absolute atomic E-state index is 12.5. The number of amides is 1. The number of thiophene rings is 1. The van der Waals surface area contributed by atoms with Crippen molar-refractivity contribution in [3.05, 3.63) is 68.3 Å². The summed E-state index contributed by atoms with van der Waals surface area (Å²) in [5, 5.41) is 12.0. The summed E-state index contributed by atoms with van der Waals surface area (Å²) in [5.74, 6) is 0.590. The number of nitrogens with one attached hydrogen (secondary N) is 1. The van der Waals surface area contributed by atoms with E-state index >= 15 is 0 Å². The van der Waals surface area contributed by atoms with Crippen LogP contribution in [-0.4, -0.2) is 20.7 Å². The number of nitrogens with zero attached hydrogens (tertiary/aromatic N) is 3. The van der Waals surface area contributed by atoms with Gasteiger partial charge in [0.25, 0.3) is 5.91 Å². The van der Waals surface area contributed by atoms with E-state index in [1.54, 1.807) is 16.9 Å². The molecule has 0 aliphatic carbocycles. The van der Waals surface area contributed by atoms with Crippen LogP contribution >= 0.6 is 34.3 Å². The first-order valence-electron chi connectivity index (χ1n) is 8.71. The lowest BCUT2D eigenvalue weighted by Gasteiger charge is -2.08. The molecule has 148 valence electrons. The van der Waals surface area contributed by atoms with Gasteiger partial charge in [0.2, 0.25) is 0 Å². The summed E-state index contributed by atoms with van der Waals surface area (Å²) in [6.07, 6.45) is 1.72. The second-order valence-corrected chi connectivity index (χ2v) is 8.56. The molecule has 9 heteroatoms. The van der Waals surface area contributed by atoms with Gasteiger partial charge >= 0.3 is 0 Å². The maximum Gasteiger partial charge on any atom is 0.267 e. The van der Waals surface area contributed by atoms with Crippen molar-refractivity contribution in [2.24, 2.45) is 7.05 Å². The first-order chi connectivity index (χ1) is 14.0. The molecule has 3 aromatic heterocycles. The predicted octanol–water partition coefficient (Wildman–Crippen LogP) is 5.40. The second-order valence-electron chi connectivity index (χ2n) is 6.35. The molecule has 0 saturated carbocycles. The first-order valence-corrected chi connectivity index (χ1v) is 10.8. The second kappa shape index (κ2) is 8.36. The fraction of sp³-hybridized carbons (Fsp3) is 0.150. The molecule has 0 unspecified atom stereocenters. The van der Waals surface area contributed by atoms with Crippen molar-refractivity contribution >= 4 is 45.3 Å². The lowest BCUT2D eigenvalue weighted by atomic mass is 10.2. The minimum Gasteiger partial charge on any atom is -0.489 e. The number of thiazole rings is 1. The summed E-state index contributed by atoms with van der Waals surface area (Å²) >= 11 is 8.73. The number of rotatable bonds is 6. The Labute approximate surface area is 180 Å². The topological polar surface area (TPSA) is 69.0 Å². The zero-order chi connectivity index (χ0) is 20.4. The van der Waals surface area contributed by atoms with Gasteiger partial charge < -0.3 is 4.74 Å². The highest BCUT2D eigenvalue weighted by Gasteiger charge is 2.14. The highest BCUT2D eigenvalue weighted by atomic mass is 35.5. The van der Waals surface area contributed by atoms with E-state index in [9.17, 15) is 4.79 Å². The van der Waals surface area contributed by atoms with Crippen molar-refractivity contribution in [2.75, 3.05) is 5.32 Å². The number of ether oxygens (including phenoxy) is 1. The van der Waals surface area contributed by atoms with Gasteiger partial charge in [0.1, 0.15) is 18.1 Å².